The molecule has 0 aliphatic carbocycles. The Hall–Kier alpha value is -7.05. The minimum atomic E-state index is -5.24. The van der Waals surface area contributed by atoms with Crippen LogP contribution >= 0.6 is 23.6 Å². The number of amides is 4. The fourth-order valence-corrected chi connectivity index (χ4v) is 10.1. The second kappa shape index (κ2) is 22.6. The van der Waals surface area contributed by atoms with Crippen molar-refractivity contribution in [3.63, 3.8) is 0 Å². The third-order valence-corrected chi connectivity index (χ3v) is 14.1. The highest BCUT2D eigenvalue weighted by Crippen LogP contribution is 2.42. The Balaban J connectivity index is 0.836. The fraction of sp³-hybridized carbons (Fsp3) is 0.396. The Morgan fingerprint density at radius 3 is 2.24 bits per heavy atom. The monoisotopic (exact) mass is 1060 g/mol. The molecule has 2 aromatic heterocycles. The molecule has 2 aliphatic heterocycles. The van der Waals surface area contributed by atoms with Crippen LogP contribution in [0.3, 0.4) is 0 Å². The van der Waals surface area contributed by atoms with E-state index in [0.29, 0.717) is 68.0 Å². The standard InChI is InChI=1S/C53H55F5N8O6S2/c1-31-43(74-30-62-31)33-15-13-32(14-16-33)28-60-46(68)40-12-11-23-64(40)48(69)44(51(2,3)4)63-45(67)34-17-20-37(21-18-34)71-24-9-7-8-10-25-72-47-38(54)26-36(29-61-47)66-50(73)65(49(70)52(66,5)6)39-22-19-35(27-59)41(42(39)55)53(56,57)58/h13-22,26,29-30,40,44H,7-12,23-25,28H2,1-6H3,(H,60,68)(H,63,67). The minimum absolute atomic E-state index is 0.0304. The molecule has 390 valence electrons. The third-order valence-electron chi connectivity index (χ3n) is 12.8. The van der Waals surface area contributed by atoms with Gasteiger partial charge in [-0.15, -0.1) is 11.3 Å². The Morgan fingerprint density at radius 2 is 1.64 bits per heavy atom. The second-order valence-corrected chi connectivity index (χ2v) is 20.7. The molecule has 2 fully saturated rings. The van der Waals surface area contributed by atoms with Crippen LogP contribution in [-0.2, 0) is 27.1 Å². The van der Waals surface area contributed by atoms with Crippen molar-refractivity contribution in [2.75, 3.05) is 29.6 Å². The molecule has 2 unspecified atom stereocenters. The van der Waals surface area contributed by atoms with Gasteiger partial charge in [0.15, 0.2) is 16.7 Å². The number of benzene rings is 3. The second-order valence-electron chi connectivity index (χ2n) is 19.5. The first kappa shape index (κ1) is 54.7. The molecule has 4 heterocycles. The number of hydrogen-bond donors (Lipinski definition) is 2. The van der Waals surface area contributed by atoms with E-state index in [4.69, 9.17) is 27.0 Å². The molecule has 0 saturated carbocycles. The summed E-state index contributed by atoms with van der Waals surface area (Å²) in [6, 6.07) is 16.9. The number of nitrogens with zero attached hydrogens (tertiary/aromatic N) is 6. The smallest absolute Gasteiger partial charge is 0.420 e. The van der Waals surface area contributed by atoms with Crippen molar-refractivity contribution >= 4 is 63.7 Å². The van der Waals surface area contributed by atoms with Gasteiger partial charge in [0.2, 0.25) is 11.8 Å². The summed E-state index contributed by atoms with van der Waals surface area (Å²) < 4.78 is 83.4. The van der Waals surface area contributed by atoms with Crippen LogP contribution in [0.15, 0.2) is 78.4 Å². The number of thiocarbonyl (C=S) groups is 1. The van der Waals surface area contributed by atoms with Crippen molar-refractivity contribution in [1.82, 2.24) is 25.5 Å². The minimum Gasteiger partial charge on any atom is -0.494 e. The van der Waals surface area contributed by atoms with Gasteiger partial charge in [-0.05, 0) is 124 Å². The number of hydrogen-bond acceptors (Lipinski definition) is 11. The van der Waals surface area contributed by atoms with Crippen LogP contribution in [0.4, 0.5) is 33.3 Å². The third kappa shape index (κ3) is 12.0. The summed E-state index contributed by atoms with van der Waals surface area (Å²) in [7, 11) is 0. The lowest BCUT2D eigenvalue weighted by molar-refractivity contribution is -0.142. The van der Waals surface area contributed by atoms with Gasteiger partial charge in [-0.2, -0.15) is 18.4 Å². The number of anilines is 2. The molecule has 3 aromatic carbocycles. The van der Waals surface area contributed by atoms with E-state index < -0.39 is 74.6 Å². The molecular formula is C53H55F5N8O6S2. The Morgan fingerprint density at radius 1 is 0.959 bits per heavy atom. The topological polar surface area (TPSA) is 170 Å². The van der Waals surface area contributed by atoms with Gasteiger partial charge in [0, 0.05) is 24.7 Å². The quantitative estimate of drug-likeness (QED) is 0.0487. The summed E-state index contributed by atoms with van der Waals surface area (Å²) in [4.78, 5) is 67.4. The molecule has 7 rings (SSSR count). The van der Waals surface area contributed by atoms with Crippen molar-refractivity contribution in [3.05, 3.63) is 118 Å². The van der Waals surface area contributed by atoms with Crippen LogP contribution in [0.25, 0.3) is 10.4 Å². The van der Waals surface area contributed by atoms with Gasteiger partial charge < -0.3 is 29.9 Å². The number of aromatic nitrogens is 2. The highest BCUT2D eigenvalue weighted by atomic mass is 32.1. The molecule has 74 heavy (non-hydrogen) atoms. The van der Waals surface area contributed by atoms with Crippen molar-refractivity contribution in [3.8, 4) is 28.1 Å². The van der Waals surface area contributed by atoms with Crippen LogP contribution in [0.1, 0.15) is 106 Å². The van der Waals surface area contributed by atoms with Crippen molar-refractivity contribution < 1.29 is 50.6 Å². The fourth-order valence-electron chi connectivity index (χ4n) is 8.80. The van der Waals surface area contributed by atoms with Crippen LogP contribution in [-0.4, -0.2) is 81.0 Å². The summed E-state index contributed by atoms with van der Waals surface area (Å²) in [5.74, 6) is -4.43. The van der Waals surface area contributed by atoms with E-state index in [1.807, 2.05) is 57.5 Å². The number of carbonyl (C=O) groups excluding carboxylic acids is 4. The van der Waals surface area contributed by atoms with Gasteiger partial charge >= 0.3 is 6.18 Å². The van der Waals surface area contributed by atoms with Gasteiger partial charge in [-0.1, -0.05) is 45.0 Å². The first-order valence-electron chi connectivity index (χ1n) is 23.9. The molecule has 2 N–H and O–H groups in total. The zero-order valence-corrected chi connectivity index (χ0v) is 43.2. The molecule has 0 radical (unpaired) electrons. The summed E-state index contributed by atoms with van der Waals surface area (Å²) in [5, 5.41) is 14.7. The number of rotatable bonds is 18. The Bertz CT molecular complexity index is 2960. The molecule has 21 heteroatoms. The van der Waals surface area contributed by atoms with Crippen LogP contribution in [0.2, 0.25) is 0 Å². The van der Waals surface area contributed by atoms with Gasteiger partial charge in [-0.25, -0.2) is 18.7 Å². The average molecular weight is 1060 g/mol. The summed E-state index contributed by atoms with van der Waals surface area (Å²) in [6.07, 6.45) is -0.203. The first-order chi connectivity index (χ1) is 35.0. The van der Waals surface area contributed by atoms with Crippen molar-refractivity contribution in [2.24, 2.45) is 5.41 Å². The van der Waals surface area contributed by atoms with Gasteiger partial charge in [0.1, 0.15) is 28.9 Å². The molecule has 0 spiro atoms. The zero-order chi connectivity index (χ0) is 53.7. The van der Waals surface area contributed by atoms with Gasteiger partial charge in [0.25, 0.3) is 17.7 Å². The molecule has 14 nitrogen and oxygen atoms in total. The lowest BCUT2D eigenvalue weighted by Crippen LogP contribution is -2.57. The molecule has 0 bridgehead atoms. The number of carbonyl (C=O) groups is 4. The highest BCUT2D eigenvalue weighted by Gasteiger charge is 2.52. The molecule has 5 aromatic rings. The summed E-state index contributed by atoms with van der Waals surface area (Å²) in [5.41, 5.74) is -0.823. The number of pyridine rings is 1. The van der Waals surface area contributed by atoms with E-state index in [-0.39, 0.29) is 30.0 Å². The maximum absolute atomic E-state index is 15.4. The predicted octanol–water partition coefficient (Wildman–Crippen LogP) is 10.1. The first-order valence-corrected chi connectivity index (χ1v) is 25.2. The molecular weight excluding hydrogens is 1000 g/mol. The van der Waals surface area contributed by atoms with Crippen LogP contribution in [0, 0.1) is 35.3 Å². The number of likely N-dealkylation sites (tertiary alicyclic amines) is 1. The lowest BCUT2D eigenvalue weighted by atomic mass is 9.85. The van der Waals surface area contributed by atoms with E-state index in [1.165, 1.54) is 26.1 Å². The number of nitriles is 1. The van der Waals surface area contributed by atoms with Gasteiger partial charge in [0.05, 0.1) is 58.5 Å². The number of unbranched alkanes of at least 4 members (excludes halogenated alkanes) is 3. The van der Waals surface area contributed by atoms with E-state index >= 15 is 8.78 Å². The SMILES string of the molecule is Cc1ncsc1-c1ccc(CNC(=O)C2CCCN2C(=O)C(NC(=O)c2ccc(OCCCCCCOc3ncc(N4C(=S)N(c5ccc(C#N)c(C(F)(F)F)c5F)C(=O)C4(C)C)cc3F)cc2)C(C)(C)C)cc1. The van der Waals surface area contributed by atoms with E-state index in [0.717, 1.165) is 51.2 Å². The van der Waals surface area contributed by atoms with Crippen LogP contribution < -0.4 is 29.9 Å². The molecule has 2 saturated heterocycles. The number of aryl methyl sites for hydroxylation is 1. The zero-order valence-electron chi connectivity index (χ0n) is 41.6. The summed E-state index contributed by atoms with van der Waals surface area (Å²) >= 11 is 7.00. The molecule has 2 atom stereocenters. The predicted molar refractivity (Wildman–Crippen MR) is 272 cm³/mol. The van der Waals surface area contributed by atoms with E-state index in [2.05, 4.69) is 20.6 Å². The van der Waals surface area contributed by atoms with Gasteiger partial charge in [-0.3, -0.25) is 24.1 Å². The normalized spacial score (nSPS) is 16.0. The number of halogens is 5. The van der Waals surface area contributed by atoms with E-state index in [1.54, 1.807) is 40.5 Å². The number of ether oxygens (including phenoxy) is 2. The highest BCUT2D eigenvalue weighted by molar-refractivity contribution is 7.81. The number of thiazole rings is 1. The lowest BCUT2D eigenvalue weighted by Gasteiger charge is -2.35. The number of nitrogens with one attached hydrogen (secondary N) is 2. The van der Waals surface area contributed by atoms with E-state index in [9.17, 15) is 32.3 Å². The van der Waals surface area contributed by atoms with Crippen molar-refractivity contribution in [2.45, 2.75) is 110 Å². The average Bonchev–Trinajstić information content (AvgIpc) is 4.07. The maximum atomic E-state index is 15.4. The molecule has 4 amide bonds. The van der Waals surface area contributed by atoms with Crippen molar-refractivity contribution in [1.29, 1.82) is 5.26 Å². The molecule has 2 aliphatic rings. The number of alkyl halides is 3. The largest absolute Gasteiger partial charge is 0.494 e. The maximum Gasteiger partial charge on any atom is 0.420 e. The van der Waals surface area contributed by atoms with Crippen LogP contribution in [0.5, 0.6) is 11.6 Å². The Labute approximate surface area is 434 Å². The summed E-state index contributed by atoms with van der Waals surface area (Å²) in [6.45, 7) is 11.5. The Kier molecular flexibility index (Phi) is 16.7.